The number of nitrogens with two attached hydrogens (primary N) is 1. The first kappa shape index (κ1) is 12.7. The van der Waals surface area contributed by atoms with Crippen molar-refractivity contribution in [2.75, 3.05) is 11.4 Å². The van der Waals surface area contributed by atoms with E-state index < -0.39 is 0 Å². The summed E-state index contributed by atoms with van der Waals surface area (Å²) in [6.07, 6.45) is 4.52. The van der Waals surface area contributed by atoms with Crippen LogP contribution in [0.25, 0.3) is 0 Å². The third kappa shape index (κ3) is 2.90. The van der Waals surface area contributed by atoms with Gasteiger partial charge in [0.2, 0.25) is 0 Å². The van der Waals surface area contributed by atoms with Gasteiger partial charge in [-0.15, -0.1) is 6.58 Å². The van der Waals surface area contributed by atoms with Crippen LogP contribution in [0.5, 0.6) is 0 Å². The molecule has 0 bridgehead atoms. The minimum absolute atomic E-state index is 0.0594. The number of rotatable bonds is 5. The van der Waals surface area contributed by atoms with E-state index in [1.807, 2.05) is 13.0 Å². The van der Waals surface area contributed by atoms with Crippen molar-refractivity contribution in [2.45, 2.75) is 31.8 Å². The number of halogens is 1. The maximum absolute atomic E-state index is 6.05. The van der Waals surface area contributed by atoms with Crippen LogP contribution in [-0.4, -0.2) is 12.6 Å². The van der Waals surface area contributed by atoms with Crippen LogP contribution < -0.4 is 10.6 Å². The average molecular weight is 295 g/mol. The molecular formula is C14H19BrN2. The van der Waals surface area contributed by atoms with Crippen LogP contribution in [0, 0.1) is 0 Å². The molecule has 1 fully saturated rings. The number of anilines is 1. The zero-order chi connectivity index (χ0) is 12.4. The fourth-order valence-electron chi connectivity index (χ4n) is 2.12. The van der Waals surface area contributed by atoms with Crippen molar-refractivity contribution in [3.8, 4) is 0 Å². The molecule has 92 valence electrons. The molecule has 0 saturated heterocycles. The first-order valence-electron chi connectivity index (χ1n) is 6.06. The minimum Gasteiger partial charge on any atom is -0.365 e. The molecule has 1 aliphatic rings. The molecule has 0 aliphatic heterocycles. The SMILES string of the molecule is C=CCN(c1cc(Br)ccc1C(C)N)C1CC1. The van der Waals surface area contributed by atoms with Gasteiger partial charge in [0.25, 0.3) is 0 Å². The lowest BCUT2D eigenvalue weighted by atomic mass is 10.1. The first-order valence-corrected chi connectivity index (χ1v) is 6.85. The number of hydrogen-bond acceptors (Lipinski definition) is 2. The van der Waals surface area contributed by atoms with Crippen LogP contribution in [0.2, 0.25) is 0 Å². The van der Waals surface area contributed by atoms with Crippen molar-refractivity contribution >= 4 is 21.6 Å². The van der Waals surface area contributed by atoms with Crippen LogP contribution in [0.15, 0.2) is 35.3 Å². The molecule has 1 aromatic rings. The Labute approximate surface area is 112 Å². The van der Waals surface area contributed by atoms with E-state index >= 15 is 0 Å². The summed E-state index contributed by atoms with van der Waals surface area (Å²) >= 11 is 3.54. The smallest absolute Gasteiger partial charge is 0.0431 e. The molecule has 1 aromatic carbocycles. The highest BCUT2D eigenvalue weighted by Crippen LogP contribution is 2.36. The van der Waals surface area contributed by atoms with Gasteiger partial charge in [0, 0.05) is 28.8 Å². The Balaban J connectivity index is 2.38. The molecule has 1 unspecified atom stereocenters. The normalized spacial score (nSPS) is 16.6. The van der Waals surface area contributed by atoms with Gasteiger partial charge in [-0.1, -0.05) is 28.1 Å². The van der Waals surface area contributed by atoms with Gasteiger partial charge in [-0.05, 0) is 37.5 Å². The molecule has 2 rings (SSSR count). The highest BCUT2D eigenvalue weighted by molar-refractivity contribution is 9.10. The van der Waals surface area contributed by atoms with E-state index in [0.29, 0.717) is 6.04 Å². The Bertz CT molecular complexity index is 411. The predicted molar refractivity (Wildman–Crippen MR) is 77.3 cm³/mol. The van der Waals surface area contributed by atoms with Gasteiger partial charge in [-0.2, -0.15) is 0 Å². The van der Waals surface area contributed by atoms with Crippen molar-refractivity contribution in [1.29, 1.82) is 0 Å². The highest BCUT2D eigenvalue weighted by atomic mass is 79.9. The summed E-state index contributed by atoms with van der Waals surface area (Å²) in [5, 5.41) is 0. The summed E-state index contributed by atoms with van der Waals surface area (Å²) in [6, 6.07) is 7.06. The van der Waals surface area contributed by atoms with E-state index in [4.69, 9.17) is 5.73 Å². The Hall–Kier alpha value is -0.800. The maximum atomic E-state index is 6.05. The van der Waals surface area contributed by atoms with Gasteiger partial charge in [0.05, 0.1) is 0 Å². The zero-order valence-corrected chi connectivity index (χ0v) is 11.8. The van der Waals surface area contributed by atoms with Gasteiger partial charge < -0.3 is 10.6 Å². The first-order chi connectivity index (χ1) is 8.13. The van der Waals surface area contributed by atoms with E-state index in [-0.39, 0.29) is 6.04 Å². The van der Waals surface area contributed by atoms with E-state index in [1.165, 1.54) is 24.1 Å². The molecule has 0 aromatic heterocycles. The monoisotopic (exact) mass is 294 g/mol. The summed E-state index contributed by atoms with van der Waals surface area (Å²) < 4.78 is 1.10. The van der Waals surface area contributed by atoms with Crippen LogP contribution in [0.3, 0.4) is 0 Å². The molecular weight excluding hydrogens is 276 g/mol. The van der Waals surface area contributed by atoms with Gasteiger partial charge in [0.15, 0.2) is 0 Å². The standard InChI is InChI=1S/C14H19BrN2/c1-3-8-17(12-5-6-12)14-9-11(15)4-7-13(14)10(2)16/h3-4,7,9-10,12H,1,5-6,8,16H2,2H3. The Morgan fingerprint density at radius 1 is 1.59 bits per heavy atom. The molecule has 0 heterocycles. The summed E-state index contributed by atoms with van der Waals surface area (Å²) in [5.74, 6) is 0. The van der Waals surface area contributed by atoms with Gasteiger partial charge in [-0.25, -0.2) is 0 Å². The van der Waals surface area contributed by atoms with Crippen LogP contribution in [0.4, 0.5) is 5.69 Å². The lowest BCUT2D eigenvalue weighted by Crippen LogP contribution is -2.27. The molecule has 0 amide bonds. The largest absolute Gasteiger partial charge is 0.365 e. The minimum atomic E-state index is 0.0594. The summed E-state index contributed by atoms with van der Waals surface area (Å²) in [6.45, 7) is 6.77. The number of benzene rings is 1. The predicted octanol–water partition coefficient (Wildman–Crippen LogP) is 3.62. The molecule has 3 heteroatoms. The van der Waals surface area contributed by atoms with E-state index in [9.17, 15) is 0 Å². The quantitative estimate of drug-likeness (QED) is 0.841. The second-order valence-electron chi connectivity index (χ2n) is 4.66. The van der Waals surface area contributed by atoms with Gasteiger partial charge in [-0.3, -0.25) is 0 Å². The second kappa shape index (κ2) is 5.23. The van der Waals surface area contributed by atoms with Crippen molar-refractivity contribution in [3.05, 3.63) is 40.9 Å². The lowest BCUT2D eigenvalue weighted by Gasteiger charge is -2.27. The third-order valence-electron chi connectivity index (χ3n) is 3.11. The van der Waals surface area contributed by atoms with Gasteiger partial charge in [0.1, 0.15) is 0 Å². The molecule has 0 radical (unpaired) electrons. The Morgan fingerprint density at radius 3 is 2.82 bits per heavy atom. The molecule has 1 atom stereocenters. The van der Waals surface area contributed by atoms with Gasteiger partial charge >= 0.3 is 0 Å². The fraction of sp³-hybridized carbons (Fsp3) is 0.429. The van der Waals surface area contributed by atoms with Crippen molar-refractivity contribution < 1.29 is 0 Å². The Morgan fingerprint density at radius 2 is 2.29 bits per heavy atom. The second-order valence-corrected chi connectivity index (χ2v) is 5.58. The molecule has 2 nitrogen and oxygen atoms in total. The summed E-state index contributed by atoms with van der Waals surface area (Å²) in [5.41, 5.74) is 8.51. The fourth-order valence-corrected chi connectivity index (χ4v) is 2.47. The summed E-state index contributed by atoms with van der Waals surface area (Å²) in [4.78, 5) is 2.41. The summed E-state index contributed by atoms with van der Waals surface area (Å²) in [7, 11) is 0. The van der Waals surface area contributed by atoms with Crippen molar-refractivity contribution in [3.63, 3.8) is 0 Å². The lowest BCUT2D eigenvalue weighted by molar-refractivity contribution is 0.787. The number of hydrogen-bond donors (Lipinski definition) is 1. The topological polar surface area (TPSA) is 29.3 Å². The van der Waals surface area contributed by atoms with E-state index in [2.05, 4.69) is 45.6 Å². The van der Waals surface area contributed by atoms with Crippen LogP contribution >= 0.6 is 15.9 Å². The maximum Gasteiger partial charge on any atom is 0.0431 e. The number of nitrogens with zero attached hydrogens (tertiary/aromatic N) is 1. The van der Waals surface area contributed by atoms with Crippen LogP contribution in [-0.2, 0) is 0 Å². The average Bonchev–Trinajstić information content (AvgIpc) is 3.09. The zero-order valence-electron chi connectivity index (χ0n) is 10.2. The van der Waals surface area contributed by atoms with E-state index in [1.54, 1.807) is 0 Å². The molecule has 2 N–H and O–H groups in total. The van der Waals surface area contributed by atoms with Crippen molar-refractivity contribution in [2.24, 2.45) is 5.73 Å². The molecule has 0 spiro atoms. The highest BCUT2D eigenvalue weighted by Gasteiger charge is 2.30. The van der Waals surface area contributed by atoms with Crippen LogP contribution in [0.1, 0.15) is 31.4 Å². The third-order valence-corrected chi connectivity index (χ3v) is 3.60. The molecule has 17 heavy (non-hydrogen) atoms. The Kier molecular flexibility index (Phi) is 3.89. The van der Waals surface area contributed by atoms with E-state index in [0.717, 1.165) is 11.0 Å². The molecule has 1 aliphatic carbocycles. The molecule has 1 saturated carbocycles. The van der Waals surface area contributed by atoms with Crippen molar-refractivity contribution in [1.82, 2.24) is 0 Å².